The Morgan fingerprint density at radius 1 is 1.09 bits per heavy atom. The lowest BCUT2D eigenvalue weighted by Crippen LogP contribution is -2.44. The van der Waals surface area contributed by atoms with Gasteiger partial charge in [0.25, 0.3) is 0 Å². The highest BCUT2D eigenvalue weighted by Crippen LogP contribution is 2.29. The van der Waals surface area contributed by atoms with Gasteiger partial charge >= 0.3 is 0 Å². The van der Waals surface area contributed by atoms with Crippen molar-refractivity contribution in [2.75, 3.05) is 13.1 Å². The molecule has 8 heteroatoms. The van der Waals surface area contributed by atoms with Gasteiger partial charge in [-0.1, -0.05) is 53.7 Å². The van der Waals surface area contributed by atoms with E-state index in [1.54, 1.807) is 12.1 Å². The molecule has 2 aliphatic rings. The lowest BCUT2D eigenvalue weighted by Gasteiger charge is -2.32. The third kappa shape index (κ3) is 5.34. The molecular weight excluding hydrogens is 433 g/mol. The van der Waals surface area contributed by atoms with Gasteiger partial charge in [0.1, 0.15) is 17.6 Å². The summed E-state index contributed by atoms with van der Waals surface area (Å²) in [7, 11) is 0. The minimum Gasteiger partial charge on any atom is -0.365 e. The topological polar surface area (TPSA) is 72.3 Å². The van der Waals surface area contributed by atoms with Gasteiger partial charge in [-0.3, -0.25) is 9.69 Å². The van der Waals surface area contributed by atoms with Gasteiger partial charge in [-0.05, 0) is 30.9 Å². The zero-order chi connectivity index (χ0) is 23.3. The summed E-state index contributed by atoms with van der Waals surface area (Å²) in [6.07, 6.45) is 2.78. The van der Waals surface area contributed by atoms with E-state index in [4.69, 9.17) is 4.74 Å². The Morgan fingerprint density at radius 3 is 2.65 bits per heavy atom. The Morgan fingerprint density at radius 2 is 1.85 bits per heavy atom. The number of benzene rings is 2. The van der Waals surface area contributed by atoms with Crippen LogP contribution in [0.25, 0.3) is 0 Å². The molecule has 1 saturated heterocycles. The molecule has 0 bridgehead atoms. The molecule has 1 fully saturated rings. The van der Waals surface area contributed by atoms with E-state index >= 15 is 0 Å². The number of ether oxygens (including phenoxy) is 1. The highest BCUT2D eigenvalue weighted by Gasteiger charge is 2.28. The van der Waals surface area contributed by atoms with Crippen LogP contribution in [0.2, 0.25) is 0 Å². The van der Waals surface area contributed by atoms with Crippen molar-refractivity contribution < 1.29 is 13.9 Å². The molecule has 0 unspecified atom stereocenters. The van der Waals surface area contributed by atoms with E-state index in [1.807, 2.05) is 28.9 Å². The Labute approximate surface area is 198 Å². The number of carbonyl (C=O) groups is 1. The molecule has 178 valence electrons. The van der Waals surface area contributed by atoms with E-state index in [9.17, 15) is 9.18 Å². The number of amides is 1. The summed E-state index contributed by atoms with van der Waals surface area (Å²) >= 11 is 0. The summed E-state index contributed by atoms with van der Waals surface area (Å²) in [6.45, 7) is 3.33. The van der Waals surface area contributed by atoms with Crippen molar-refractivity contribution in [1.82, 2.24) is 25.2 Å². The molecule has 34 heavy (non-hydrogen) atoms. The van der Waals surface area contributed by atoms with Crippen LogP contribution in [-0.2, 0) is 35.6 Å². The number of nitrogens with one attached hydrogen (secondary N) is 1. The first-order valence-electron chi connectivity index (χ1n) is 12.0. The molecule has 0 saturated carbocycles. The van der Waals surface area contributed by atoms with Crippen molar-refractivity contribution in [3.8, 4) is 0 Å². The molecular formula is C26H30FN5O2. The Bertz CT molecular complexity index is 1110. The molecule has 7 nitrogen and oxygen atoms in total. The van der Waals surface area contributed by atoms with Gasteiger partial charge in [-0.2, -0.15) is 0 Å². The molecule has 3 aromatic rings. The van der Waals surface area contributed by atoms with Crippen molar-refractivity contribution in [3.63, 3.8) is 0 Å². The molecule has 1 aromatic heterocycles. The number of rotatable bonds is 7. The Kier molecular flexibility index (Phi) is 6.97. The van der Waals surface area contributed by atoms with Crippen molar-refractivity contribution in [2.24, 2.45) is 0 Å². The van der Waals surface area contributed by atoms with Gasteiger partial charge in [-0.15, -0.1) is 5.10 Å². The average molecular weight is 464 g/mol. The maximum Gasteiger partial charge on any atom is 0.220 e. The molecule has 0 radical (unpaired) electrons. The number of aryl methyl sites for hydroxylation is 1. The number of hydrogen-bond donors (Lipinski definition) is 1. The summed E-state index contributed by atoms with van der Waals surface area (Å²) in [4.78, 5) is 14.7. The van der Waals surface area contributed by atoms with Crippen LogP contribution in [0, 0.1) is 5.82 Å². The minimum atomic E-state index is -0.357. The molecule has 2 aliphatic heterocycles. The van der Waals surface area contributed by atoms with Gasteiger partial charge in [0, 0.05) is 37.7 Å². The Hall–Kier alpha value is -3.10. The van der Waals surface area contributed by atoms with Gasteiger partial charge in [0.15, 0.2) is 0 Å². The number of fused-ring (bicyclic) bond motifs is 1. The van der Waals surface area contributed by atoms with Crippen molar-refractivity contribution in [1.29, 1.82) is 0 Å². The van der Waals surface area contributed by atoms with Crippen LogP contribution in [-0.4, -0.2) is 44.9 Å². The largest absolute Gasteiger partial charge is 0.365 e. The second-order valence-corrected chi connectivity index (χ2v) is 9.09. The van der Waals surface area contributed by atoms with E-state index in [-0.39, 0.29) is 23.9 Å². The first-order valence-corrected chi connectivity index (χ1v) is 12.0. The third-order valence-electron chi connectivity index (χ3n) is 6.74. The summed E-state index contributed by atoms with van der Waals surface area (Å²) < 4.78 is 21.9. The fraction of sp³-hybridized carbons (Fsp3) is 0.423. The average Bonchev–Trinajstić information content (AvgIpc) is 3.27. The normalized spacial score (nSPS) is 19.0. The number of piperidine rings is 1. The van der Waals surface area contributed by atoms with Gasteiger partial charge in [0.2, 0.25) is 5.91 Å². The standard InChI is InChI=1S/C26H30FN5O2/c27-22-9-5-4-8-21(22)25-17-32-24(18-34-25)23(29-30-32)16-31-14-12-20(13-15-31)28-26(33)11-10-19-6-2-1-3-7-19/h1-9,20,25H,10-18H2,(H,28,33)/t25-/m1/s1. The third-order valence-corrected chi connectivity index (χ3v) is 6.74. The van der Waals surface area contributed by atoms with Crippen molar-refractivity contribution >= 4 is 5.91 Å². The van der Waals surface area contributed by atoms with E-state index in [2.05, 4.69) is 32.7 Å². The summed E-state index contributed by atoms with van der Waals surface area (Å²) in [6, 6.07) is 17.0. The number of aromatic nitrogens is 3. The first-order chi connectivity index (χ1) is 16.7. The molecule has 0 spiro atoms. The van der Waals surface area contributed by atoms with Gasteiger partial charge in [-0.25, -0.2) is 9.07 Å². The molecule has 1 N–H and O–H groups in total. The predicted molar refractivity (Wildman–Crippen MR) is 125 cm³/mol. The van der Waals surface area contributed by atoms with Crippen LogP contribution < -0.4 is 5.32 Å². The van der Waals surface area contributed by atoms with Crippen LogP contribution in [0.3, 0.4) is 0 Å². The summed E-state index contributed by atoms with van der Waals surface area (Å²) in [5.74, 6) is -0.137. The maximum atomic E-state index is 14.1. The van der Waals surface area contributed by atoms with Crippen LogP contribution in [0.5, 0.6) is 0 Å². The molecule has 0 aliphatic carbocycles. The molecule has 3 heterocycles. The predicted octanol–water partition coefficient (Wildman–Crippen LogP) is 3.40. The zero-order valence-electron chi connectivity index (χ0n) is 19.2. The van der Waals surface area contributed by atoms with Crippen LogP contribution in [0.1, 0.15) is 47.9 Å². The van der Waals surface area contributed by atoms with Gasteiger partial charge in [0.05, 0.1) is 18.8 Å². The monoisotopic (exact) mass is 463 g/mol. The van der Waals surface area contributed by atoms with E-state index < -0.39 is 0 Å². The van der Waals surface area contributed by atoms with Crippen molar-refractivity contribution in [2.45, 2.75) is 57.5 Å². The second kappa shape index (κ2) is 10.4. The Balaban J connectivity index is 1.09. The lowest BCUT2D eigenvalue weighted by atomic mass is 10.0. The zero-order valence-corrected chi connectivity index (χ0v) is 19.2. The molecule has 1 atom stereocenters. The number of halogens is 1. The van der Waals surface area contributed by atoms with E-state index in [0.717, 1.165) is 43.7 Å². The number of nitrogens with zero attached hydrogens (tertiary/aromatic N) is 4. The summed E-state index contributed by atoms with van der Waals surface area (Å²) in [5.41, 5.74) is 3.62. The number of hydrogen-bond acceptors (Lipinski definition) is 5. The number of carbonyl (C=O) groups excluding carboxylic acids is 1. The molecule has 2 aromatic carbocycles. The quantitative estimate of drug-likeness (QED) is 0.582. The highest BCUT2D eigenvalue weighted by molar-refractivity contribution is 5.76. The second-order valence-electron chi connectivity index (χ2n) is 9.09. The fourth-order valence-electron chi connectivity index (χ4n) is 4.76. The smallest absolute Gasteiger partial charge is 0.220 e. The van der Waals surface area contributed by atoms with Crippen molar-refractivity contribution in [3.05, 3.63) is 82.9 Å². The van der Waals surface area contributed by atoms with Crippen LogP contribution >= 0.6 is 0 Å². The summed E-state index contributed by atoms with van der Waals surface area (Å²) in [5, 5.41) is 11.9. The lowest BCUT2D eigenvalue weighted by molar-refractivity contribution is -0.122. The number of likely N-dealkylation sites (tertiary alicyclic amines) is 1. The fourth-order valence-corrected chi connectivity index (χ4v) is 4.76. The minimum absolute atomic E-state index is 0.122. The van der Waals surface area contributed by atoms with Gasteiger partial charge < -0.3 is 10.1 Å². The first kappa shape index (κ1) is 22.7. The molecule has 1 amide bonds. The highest BCUT2D eigenvalue weighted by atomic mass is 19.1. The van der Waals surface area contributed by atoms with E-state index in [1.165, 1.54) is 11.6 Å². The SMILES string of the molecule is O=C(CCc1ccccc1)NC1CCN(Cc2nnn3c2CO[C@@H](c2ccccc2F)C3)CC1. The van der Waals surface area contributed by atoms with E-state index in [0.29, 0.717) is 31.7 Å². The maximum absolute atomic E-state index is 14.1. The van der Waals surface area contributed by atoms with Crippen LogP contribution in [0.15, 0.2) is 54.6 Å². The molecule has 5 rings (SSSR count). The van der Waals surface area contributed by atoms with Crippen LogP contribution in [0.4, 0.5) is 4.39 Å².